The average molecular weight is 722 g/mol. The molecule has 0 heterocycles. The van der Waals surface area contributed by atoms with Crippen LogP contribution in [-0.2, 0) is 10.8 Å². The summed E-state index contributed by atoms with van der Waals surface area (Å²) in [6.45, 7) is 4.75. The van der Waals surface area contributed by atoms with E-state index in [0.29, 0.717) is 0 Å². The number of hydrogen-bond donors (Lipinski definition) is 0. The van der Waals surface area contributed by atoms with Crippen molar-refractivity contribution in [2.45, 2.75) is 56.8 Å². The van der Waals surface area contributed by atoms with Crippen LogP contribution in [0.5, 0.6) is 0 Å². The third kappa shape index (κ3) is 4.49. The van der Waals surface area contributed by atoms with Crippen molar-refractivity contribution >= 4 is 17.1 Å². The molecule has 1 spiro atoms. The van der Waals surface area contributed by atoms with Gasteiger partial charge in [0.25, 0.3) is 0 Å². The van der Waals surface area contributed by atoms with Crippen molar-refractivity contribution in [3.05, 3.63) is 186 Å². The topological polar surface area (TPSA) is 3.24 Å². The molecule has 0 unspecified atom stereocenters. The lowest BCUT2D eigenvalue weighted by Gasteiger charge is -2.61. The molecule has 0 aliphatic heterocycles. The van der Waals surface area contributed by atoms with Gasteiger partial charge in [0.05, 0.1) is 5.69 Å². The summed E-state index contributed by atoms with van der Waals surface area (Å²) in [7, 11) is 0. The van der Waals surface area contributed by atoms with Crippen molar-refractivity contribution in [3.8, 4) is 44.5 Å². The van der Waals surface area contributed by atoms with E-state index in [9.17, 15) is 0 Å². The smallest absolute Gasteiger partial charge is 0.0540 e. The van der Waals surface area contributed by atoms with E-state index in [1.165, 1.54) is 99.1 Å². The molecule has 4 bridgehead atoms. The minimum Gasteiger partial charge on any atom is -0.310 e. The number of rotatable bonds is 5. The molecule has 7 aromatic carbocycles. The number of anilines is 3. The normalized spacial score (nSPS) is 24.1. The molecule has 13 rings (SSSR count). The number of nitrogens with zero attached hydrogens (tertiary/aromatic N) is 1. The first kappa shape index (κ1) is 32.6. The quantitative estimate of drug-likeness (QED) is 0.171. The van der Waals surface area contributed by atoms with Crippen LogP contribution >= 0.6 is 0 Å². The predicted molar refractivity (Wildman–Crippen MR) is 233 cm³/mol. The minimum absolute atomic E-state index is 0.0855. The van der Waals surface area contributed by atoms with Crippen molar-refractivity contribution < 1.29 is 0 Å². The first-order valence-electron chi connectivity index (χ1n) is 21.0. The van der Waals surface area contributed by atoms with E-state index >= 15 is 0 Å². The van der Waals surface area contributed by atoms with Gasteiger partial charge in [0.15, 0.2) is 0 Å². The Hall–Kier alpha value is -5.66. The third-order valence-corrected chi connectivity index (χ3v) is 15.1. The first-order chi connectivity index (χ1) is 27.5. The Bertz CT molecular complexity index is 2650. The summed E-state index contributed by atoms with van der Waals surface area (Å²) in [4.78, 5) is 2.47. The summed E-state index contributed by atoms with van der Waals surface area (Å²) >= 11 is 0. The second-order valence-corrected chi connectivity index (χ2v) is 18.1. The van der Waals surface area contributed by atoms with Gasteiger partial charge in [-0.15, -0.1) is 0 Å². The van der Waals surface area contributed by atoms with Crippen LogP contribution in [0.15, 0.2) is 164 Å². The van der Waals surface area contributed by atoms with Gasteiger partial charge in [0.1, 0.15) is 0 Å². The predicted octanol–water partition coefficient (Wildman–Crippen LogP) is 14.5. The Morgan fingerprint density at radius 3 is 1.68 bits per heavy atom. The summed E-state index contributed by atoms with van der Waals surface area (Å²) in [6.07, 6.45) is 7.16. The van der Waals surface area contributed by atoms with Crippen LogP contribution in [0.4, 0.5) is 17.1 Å². The van der Waals surface area contributed by atoms with E-state index in [2.05, 4.69) is 183 Å². The molecule has 272 valence electrons. The average Bonchev–Trinajstić information content (AvgIpc) is 3.66. The molecule has 4 saturated carbocycles. The van der Waals surface area contributed by atoms with E-state index in [4.69, 9.17) is 0 Å². The van der Waals surface area contributed by atoms with Crippen molar-refractivity contribution in [3.63, 3.8) is 0 Å². The molecule has 7 aromatic rings. The minimum atomic E-state index is -0.0855. The highest BCUT2D eigenvalue weighted by Gasteiger charge is 2.61. The maximum atomic E-state index is 2.55. The molecule has 56 heavy (non-hydrogen) atoms. The van der Waals surface area contributed by atoms with Gasteiger partial charge in [-0.05, 0) is 153 Å². The lowest BCUT2D eigenvalue weighted by Crippen LogP contribution is -2.55. The number of hydrogen-bond acceptors (Lipinski definition) is 1. The molecule has 0 saturated heterocycles. The van der Waals surface area contributed by atoms with Crippen LogP contribution in [0.2, 0.25) is 0 Å². The molecule has 0 N–H and O–H groups in total. The lowest BCUT2D eigenvalue weighted by molar-refractivity contribution is -0.0399. The highest BCUT2D eigenvalue weighted by atomic mass is 15.1. The molecule has 6 aliphatic rings. The van der Waals surface area contributed by atoms with Crippen LogP contribution in [0, 0.1) is 23.7 Å². The van der Waals surface area contributed by atoms with E-state index < -0.39 is 0 Å². The third-order valence-electron chi connectivity index (χ3n) is 15.1. The van der Waals surface area contributed by atoms with E-state index in [0.717, 1.165) is 29.4 Å². The highest BCUT2D eigenvalue weighted by molar-refractivity contribution is 5.91. The van der Waals surface area contributed by atoms with Gasteiger partial charge in [0, 0.05) is 27.8 Å². The van der Waals surface area contributed by atoms with Gasteiger partial charge < -0.3 is 4.90 Å². The Kier molecular flexibility index (Phi) is 6.93. The Morgan fingerprint density at radius 2 is 0.946 bits per heavy atom. The van der Waals surface area contributed by atoms with Gasteiger partial charge >= 0.3 is 0 Å². The Balaban J connectivity index is 0.971. The Labute approximate surface area is 331 Å². The zero-order chi connectivity index (χ0) is 37.2. The van der Waals surface area contributed by atoms with Crippen LogP contribution in [-0.4, -0.2) is 0 Å². The summed E-state index contributed by atoms with van der Waals surface area (Å²) in [5.41, 5.74) is 20.3. The largest absolute Gasteiger partial charge is 0.310 e. The standard InChI is InChI=1S/C55H47N/c1-54(2)49-17-9-6-15-45(49)47-26-25-43(34-52(47)54)56(53-19-11-8-14-44(53)38-12-4-3-5-13-38)42-23-20-37(21-24-42)39-22-27-51-48(33-39)46-16-7-10-18-50(46)55(51)40-29-35-28-36(31-40)32-41(55)30-35/h3-27,33-36,40-41H,28-32H2,1-2H3. The van der Waals surface area contributed by atoms with Crippen molar-refractivity contribution in [2.75, 3.05) is 4.90 Å². The molecule has 1 nitrogen and oxygen atoms in total. The highest BCUT2D eigenvalue weighted by Crippen LogP contribution is 2.69. The number of benzene rings is 7. The van der Waals surface area contributed by atoms with E-state index in [1.807, 2.05) is 0 Å². The maximum absolute atomic E-state index is 2.55. The molecule has 0 radical (unpaired) electrons. The molecular formula is C55H47N. The van der Waals surface area contributed by atoms with Crippen molar-refractivity contribution in [2.24, 2.45) is 23.7 Å². The molecule has 6 aliphatic carbocycles. The SMILES string of the molecule is CC1(C)c2ccccc2-c2ccc(N(c3ccc(-c4ccc5c(c4)-c4ccccc4C54C5CC6CC(C5)CC4C6)cc3)c3ccccc3-c3ccccc3)cc21. The fourth-order valence-corrected chi connectivity index (χ4v) is 12.9. The zero-order valence-electron chi connectivity index (χ0n) is 32.4. The molecule has 4 fully saturated rings. The maximum Gasteiger partial charge on any atom is 0.0540 e. The van der Waals surface area contributed by atoms with Crippen LogP contribution in [0.3, 0.4) is 0 Å². The monoisotopic (exact) mass is 721 g/mol. The van der Waals surface area contributed by atoms with Gasteiger partial charge in [0.2, 0.25) is 0 Å². The Morgan fingerprint density at radius 1 is 0.393 bits per heavy atom. The van der Waals surface area contributed by atoms with Crippen LogP contribution in [0.1, 0.15) is 68.2 Å². The van der Waals surface area contributed by atoms with Gasteiger partial charge in [-0.2, -0.15) is 0 Å². The van der Waals surface area contributed by atoms with Gasteiger partial charge in [-0.3, -0.25) is 0 Å². The van der Waals surface area contributed by atoms with Crippen molar-refractivity contribution in [1.29, 1.82) is 0 Å². The number of fused-ring (bicyclic) bond motifs is 6. The zero-order valence-corrected chi connectivity index (χ0v) is 32.4. The molecular weight excluding hydrogens is 675 g/mol. The second kappa shape index (κ2) is 11.9. The molecule has 0 atom stereocenters. The fraction of sp³-hybridized carbons (Fsp3) is 0.236. The first-order valence-corrected chi connectivity index (χ1v) is 21.0. The number of para-hydroxylation sites is 1. The summed E-state index contributed by atoms with van der Waals surface area (Å²) < 4.78 is 0. The van der Waals surface area contributed by atoms with Gasteiger partial charge in [-0.25, -0.2) is 0 Å². The molecule has 1 heteroatoms. The molecule has 0 aromatic heterocycles. The summed E-state index contributed by atoms with van der Waals surface area (Å²) in [6, 6.07) is 62.1. The van der Waals surface area contributed by atoms with Crippen LogP contribution < -0.4 is 4.90 Å². The molecule has 0 amide bonds. The lowest BCUT2D eigenvalue weighted by atomic mass is 9.43. The summed E-state index contributed by atoms with van der Waals surface area (Å²) in [5.74, 6) is 3.48. The fourth-order valence-electron chi connectivity index (χ4n) is 12.9. The van der Waals surface area contributed by atoms with E-state index in [-0.39, 0.29) is 10.8 Å². The van der Waals surface area contributed by atoms with E-state index in [1.54, 1.807) is 11.1 Å². The van der Waals surface area contributed by atoms with Gasteiger partial charge in [-0.1, -0.05) is 141 Å². The second-order valence-electron chi connectivity index (χ2n) is 18.1. The summed E-state index contributed by atoms with van der Waals surface area (Å²) in [5, 5.41) is 0. The van der Waals surface area contributed by atoms with Crippen LogP contribution in [0.25, 0.3) is 44.5 Å². The van der Waals surface area contributed by atoms with Crippen molar-refractivity contribution in [1.82, 2.24) is 0 Å².